The predicted molar refractivity (Wildman–Crippen MR) is 86.7 cm³/mol. The maximum absolute atomic E-state index is 12.9. The summed E-state index contributed by atoms with van der Waals surface area (Å²) >= 11 is 0. The van der Waals surface area contributed by atoms with Gasteiger partial charge in [0.05, 0.1) is 11.1 Å². The van der Waals surface area contributed by atoms with Gasteiger partial charge in [-0.15, -0.1) is 0 Å². The topological polar surface area (TPSA) is 99.2 Å². The van der Waals surface area contributed by atoms with Gasteiger partial charge in [0.25, 0.3) is 0 Å². The highest BCUT2D eigenvalue weighted by Gasteiger charge is 2.44. The van der Waals surface area contributed by atoms with Gasteiger partial charge in [-0.05, 0) is 55.4 Å². The number of aliphatic hydroxyl groups is 1. The summed E-state index contributed by atoms with van der Waals surface area (Å²) in [5.74, 6) is 0. The molecule has 2 N–H and O–H groups in total. The number of β-amino-alcohol motifs (C(OH)–C–C–N with tert-alkyl or cyclic N) is 1. The molecule has 1 aromatic carbocycles. The summed E-state index contributed by atoms with van der Waals surface area (Å²) in [7, 11) is -3.62. The summed E-state index contributed by atoms with van der Waals surface area (Å²) in [6.07, 6.45) is 5.97. The van der Waals surface area contributed by atoms with Gasteiger partial charge in [-0.3, -0.25) is 0 Å². The lowest BCUT2D eigenvalue weighted by Gasteiger charge is -2.22. The van der Waals surface area contributed by atoms with E-state index < -0.39 is 15.6 Å². The molecular formula is C16H20N4O3S. The van der Waals surface area contributed by atoms with Gasteiger partial charge in [0.15, 0.2) is 0 Å². The molecule has 7 nitrogen and oxygen atoms in total. The van der Waals surface area contributed by atoms with Crippen molar-refractivity contribution in [1.82, 2.24) is 19.7 Å². The van der Waals surface area contributed by atoms with Crippen LogP contribution in [0.1, 0.15) is 36.1 Å². The van der Waals surface area contributed by atoms with Gasteiger partial charge in [-0.25, -0.2) is 8.42 Å². The number of hydrogen-bond acceptors (Lipinski definition) is 5. The fraction of sp³-hybridized carbons (Fsp3) is 0.500. The van der Waals surface area contributed by atoms with E-state index in [0.717, 1.165) is 31.2 Å². The second-order valence-corrected chi connectivity index (χ2v) is 8.55. The zero-order valence-electron chi connectivity index (χ0n) is 13.3. The molecule has 0 amide bonds. The van der Waals surface area contributed by atoms with Crippen LogP contribution in [0.2, 0.25) is 0 Å². The molecule has 1 unspecified atom stereocenters. The zero-order chi connectivity index (χ0) is 16.8. The third-order valence-electron chi connectivity index (χ3n) is 5.06. The number of sulfonamides is 1. The van der Waals surface area contributed by atoms with E-state index in [9.17, 15) is 13.5 Å². The Labute approximate surface area is 140 Å². The number of benzene rings is 1. The van der Waals surface area contributed by atoms with Gasteiger partial charge in [0, 0.05) is 13.1 Å². The molecule has 4 rings (SSSR count). The van der Waals surface area contributed by atoms with Crippen molar-refractivity contribution in [2.45, 2.75) is 42.6 Å². The second-order valence-electron chi connectivity index (χ2n) is 6.61. The van der Waals surface area contributed by atoms with Crippen molar-refractivity contribution in [2.24, 2.45) is 0 Å². The van der Waals surface area contributed by atoms with Crippen molar-refractivity contribution in [3.8, 4) is 0 Å². The summed E-state index contributed by atoms with van der Waals surface area (Å²) in [5, 5.41) is 20.8. The maximum atomic E-state index is 12.9. The van der Waals surface area contributed by atoms with Crippen molar-refractivity contribution < 1.29 is 13.5 Å². The Morgan fingerprint density at radius 2 is 2.00 bits per heavy atom. The number of fused-ring (bicyclic) bond motifs is 1. The van der Waals surface area contributed by atoms with E-state index in [0.29, 0.717) is 17.0 Å². The highest BCUT2D eigenvalue weighted by atomic mass is 32.2. The number of aromatic nitrogens is 3. The molecule has 1 saturated heterocycles. The third-order valence-corrected chi connectivity index (χ3v) is 6.90. The Hall–Kier alpha value is -1.77. The lowest BCUT2D eigenvalue weighted by Crippen LogP contribution is -2.34. The van der Waals surface area contributed by atoms with Gasteiger partial charge in [-0.2, -0.15) is 19.7 Å². The SMILES string of the molecule is O=S(=O)(c1ccc2c(c1)CCCC2)N1CCC(O)(c2cn[nH]n2)C1. The van der Waals surface area contributed by atoms with Crippen LogP contribution in [0, 0.1) is 0 Å². The number of aryl methyl sites for hydroxylation is 2. The first-order valence-electron chi connectivity index (χ1n) is 8.20. The van der Waals surface area contributed by atoms with Crippen molar-refractivity contribution in [2.75, 3.05) is 13.1 Å². The Bertz CT molecular complexity index is 850. The van der Waals surface area contributed by atoms with E-state index in [1.807, 2.05) is 6.07 Å². The first kappa shape index (κ1) is 15.7. The minimum atomic E-state index is -3.62. The Morgan fingerprint density at radius 1 is 1.21 bits per heavy atom. The standard InChI is InChI=1S/C16H20N4O3S/c21-16(15-10-17-19-18-15)7-8-20(11-16)24(22,23)14-6-5-12-3-1-2-4-13(12)9-14/h5-6,9-10,21H,1-4,7-8,11H2,(H,17,18,19). The lowest BCUT2D eigenvalue weighted by atomic mass is 9.92. The van der Waals surface area contributed by atoms with Gasteiger partial charge in [0.2, 0.25) is 10.0 Å². The van der Waals surface area contributed by atoms with E-state index >= 15 is 0 Å². The largest absolute Gasteiger partial charge is 0.382 e. The number of rotatable bonds is 3. The Balaban J connectivity index is 1.62. The molecule has 2 aromatic rings. The number of H-pyrrole nitrogens is 1. The minimum Gasteiger partial charge on any atom is -0.382 e. The van der Waals surface area contributed by atoms with E-state index in [1.54, 1.807) is 12.1 Å². The summed E-state index contributed by atoms with van der Waals surface area (Å²) in [6.45, 7) is 0.266. The molecular weight excluding hydrogens is 328 g/mol. The smallest absolute Gasteiger partial charge is 0.243 e. The van der Waals surface area contributed by atoms with Gasteiger partial charge >= 0.3 is 0 Å². The normalized spacial score (nSPS) is 24.9. The first-order chi connectivity index (χ1) is 11.5. The highest BCUT2D eigenvalue weighted by molar-refractivity contribution is 7.89. The molecule has 1 aliphatic heterocycles. The average Bonchev–Trinajstić information content (AvgIpc) is 3.25. The molecule has 0 radical (unpaired) electrons. The number of aromatic amines is 1. The van der Waals surface area contributed by atoms with Crippen LogP contribution in [-0.4, -0.2) is 46.3 Å². The lowest BCUT2D eigenvalue weighted by molar-refractivity contribution is 0.0485. The third kappa shape index (κ3) is 2.54. The van der Waals surface area contributed by atoms with Crippen LogP contribution in [0.3, 0.4) is 0 Å². The molecule has 2 aliphatic rings. The predicted octanol–water partition coefficient (Wildman–Crippen LogP) is 0.966. The fourth-order valence-corrected chi connectivity index (χ4v) is 5.16. The monoisotopic (exact) mass is 348 g/mol. The van der Waals surface area contributed by atoms with Crippen LogP contribution in [0.5, 0.6) is 0 Å². The number of nitrogens with one attached hydrogen (secondary N) is 1. The van der Waals surface area contributed by atoms with E-state index in [1.165, 1.54) is 16.1 Å². The molecule has 128 valence electrons. The van der Waals surface area contributed by atoms with Crippen LogP contribution in [0.4, 0.5) is 0 Å². The number of nitrogens with zero attached hydrogens (tertiary/aromatic N) is 3. The van der Waals surface area contributed by atoms with Crippen LogP contribution in [-0.2, 0) is 28.5 Å². The molecule has 1 aromatic heterocycles. The van der Waals surface area contributed by atoms with Crippen LogP contribution >= 0.6 is 0 Å². The Kier molecular flexibility index (Phi) is 3.70. The Morgan fingerprint density at radius 3 is 2.75 bits per heavy atom. The molecule has 1 fully saturated rings. The average molecular weight is 348 g/mol. The van der Waals surface area contributed by atoms with E-state index in [4.69, 9.17) is 0 Å². The van der Waals surface area contributed by atoms with Crippen molar-refractivity contribution in [3.05, 3.63) is 41.2 Å². The van der Waals surface area contributed by atoms with Crippen molar-refractivity contribution in [1.29, 1.82) is 0 Å². The fourth-order valence-electron chi connectivity index (χ4n) is 3.62. The molecule has 2 heterocycles. The van der Waals surface area contributed by atoms with Gasteiger partial charge < -0.3 is 5.11 Å². The van der Waals surface area contributed by atoms with Gasteiger partial charge in [0.1, 0.15) is 11.3 Å². The molecule has 8 heteroatoms. The highest BCUT2D eigenvalue weighted by Crippen LogP contribution is 2.34. The summed E-state index contributed by atoms with van der Waals surface area (Å²) < 4.78 is 27.2. The quantitative estimate of drug-likeness (QED) is 0.861. The molecule has 0 spiro atoms. The molecule has 24 heavy (non-hydrogen) atoms. The second kappa shape index (κ2) is 5.65. The summed E-state index contributed by atoms with van der Waals surface area (Å²) in [4.78, 5) is 0.313. The minimum absolute atomic E-state index is 0.00104. The van der Waals surface area contributed by atoms with E-state index in [-0.39, 0.29) is 13.1 Å². The maximum Gasteiger partial charge on any atom is 0.243 e. The van der Waals surface area contributed by atoms with Crippen LogP contribution in [0.25, 0.3) is 0 Å². The summed E-state index contributed by atoms with van der Waals surface area (Å²) in [5.41, 5.74) is 1.48. The zero-order valence-corrected chi connectivity index (χ0v) is 14.1. The van der Waals surface area contributed by atoms with Gasteiger partial charge in [-0.1, -0.05) is 6.07 Å². The molecule has 1 atom stereocenters. The molecule has 0 saturated carbocycles. The first-order valence-corrected chi connectivity index (χ1v) is 9.64. The van der Waals surface area contributed by atoms with Crippen LogP contribution in [0.15, 0.2) is 29.3 Å². The summed E-state index contributed by atoms with van der Waals surface area (Å²) in [6, 6.07) is 5.42. The molecule has 1 aliphatic carbocycles. The number of hydrogen-bond donors (Lipinski definition) is 2. The van der Waals surface area contributed by atoms with E-state index in [2.05, 4.69) is 15.4 Å². The molecule has 0 bridgehead atoms. The van der Waals surface area contributed by atoms with Crippen LogP contribution < -0.4 is 0 Å². The van der Waals surface area contributed by atoms with Crippen molar-refractivity contribution in [3.63, 3.8) is 0 Å². The van der Waals surface area contributed by atoms with Crippen molar-refractivity contribution >= 4 is 10.0 Å².